The van der Waals surface area contributed by atoms with Crippen LogP contribution >= 0.6 is 21.6 Å². The fraction of sp³-hybridized carbons (Fsp3) is 0.514. The molecule has 1 saturated heterocycles. The molecule has 1 aliphatic heterocycles. The lowest BCUT2D eigenvalue weighted by atomic mass is 10.1. The van der Waals surface area contributed by atoms with Crippen LogP contribution in [0.15, 0.2) is 35.5 Å². The first kappa shape index (κ1) is 45.9. The summed E-state index contributed by atoms with van der Waals surface area (Å²) < 4.78 is 0. The van der Waals surface area contributed by atoms with Gasteiger partial charge in [-0.1, -0.05) is 39.8 Å². The molecule has 3 rings (SSSR count). The van der Waals surface area contributed by atoms with Crippen molar-refractivity contribution in [2.45, 2.75) is 82.6 Å². The van der Waals surface area contributed by atoms with Crippen molar-refractivity contribution in [2.24, 2.45) is 22.2 Å². The van der Waals surface area contributed by atoms with Gasteiger partial charge in [0, 0.05) is 48.1 Å². The van der Waals surface area contributed by atoms with Gasteiger partial charge < -0.3 is 58.8 Å². The number of carboxylic acids is 1. The van der Waals surface area contributed by atoms with Gasteiger partial charge in [-0.05, 0) is 51.2 Å². The Morgan fingerprint density at radius 2 is 1.61 bits per heavy atom. The maximum atomic E-state index is 14.0. The molecule has 0 unspecified atom stereocenters. The number of benzene rings is 1. The molecule has 22 heteroatoms. The number of aliphatic imine (C=N–C) groups is 1. The molecule has 0 saturated carbocycles. The first-order valence-electron chi connectivity index (χ1n) is 18.2. The molecule has 1 aliphatic rings. The van der Waals surface area contributed by atoms with Crippen LogP contribution in [-0.2, 0) is 44.8 Å². The third kappa shape index (κ3) is 15.2. The summed E-state index contributed by atoms with van der Waals surface area (Å²) >= 11 is 0. The van der Waals surface area contributed by atoms with Crippen molar-refractivity contribution in [2.75, 3.05) is 31.1 Å². The number of nitrogens with one attached hydrogen (secondary N) is 6. The van der Waals surface area contributed by atoms with Gasteiger partial charge in [0.15, 0.2) is 5.96 Å². The van der Waals surface area contributed by atoms with Crippen LogP contribution < -0.4 is 43.8 Å². The molecule has 1 aromatic heterocycles. The number of hydrogen-bond acceptors (Lipinski definition) is 11. The molecule has 2 heterocycles. The highest BCUT2D eigenvalue weighted by molar-refractivity contribution is 8.76. The molecule has 1 aromatic carbocycles. The number of fused-ring (bicyclic) bond motifs is 1. The predicted octanol–water partition coefficient (Wildman–Crippen LogP) is -1.81. The Morgan fingerprint density at radius 1 is 0.895 bits per heavy atom. The normalized spacial score (nSPS) is 22.7. The van der Waals surface area contributed by atoms with Crippen molar-refractivity contribution < 1.29 is 43.5 Å². The number of amides is 7. The second-order valence-corrected chi connectivity index (χ2v) is 15.9. The molecule has 0 aliphatic carbocycles. The predicted molar refractivity (Wildman–Crippen MR) is 215 cm³/mol. The van der Waals surface area contributed by atoms with E-state index >= 15 is 0 Å². The molecule has 2 aromatic rings. The summed E-state index contributed by atoms with van der Waals surface area (Å²) in [5, 5.41) is 22.8. The number of carboxylic acid groups (broad SMARTS) is 1. The Morgan fingerprint density at radius 3 is 2.32 bits per heavy atom. The maximum Gasteiger partial charge on any atom is 0.305 e. The molecule has 13 N–H and O–H groups in total. The van der Waals surface area contributed by atoms with Crippen LogP contribution in [0.4, 0.5) is 0 Å². The van der Waals surface area contributed by atoms with Crippen LogP contribution in [0.2, 0.25) is 0 Å². The van der Waals surface area contributed by atoms with Crippen LogP contribution in [-0.4, -0.2) is 130 Å². The largest absolute Gasteiger partial charge is 0.481 e. The molecule has 20 nitrogen and oxygen atoms in total. The molecule has 0 radical (unpaired) electrons. The Labute approximate surface area is 336 Å². The van der Waals surface area contributed by atoms with E-state index in [0.29, 0.717) is 12.8 Å². The number of aromatic nitrogens is 1. The van der Waals surface area contributed by atoms with Gasteiger partial charge in [0.25, 0.3) is 0 Å². The summed E-state index contributed by atoms with van der Waals surface area (Å²) in [6.45, 7) is 2.41. The number of para-hydroxylation sites is 1. The number of rotatable bonds is 11. The number of nitrogens with two attached hydrogens (primary N) is 3. The van der Waals surface area contributed by atoms with Gasteiger partial charge in [0.2, 0.25) is 41.4 Å². The van der Waals surface area contributed by atoms with E-state index < -0.39 is 90.5 Å². The van der Waals surface area contributed by atoms with Crippen molar-refractivity contribution in [3.05, 3.63) is 36.0 Å². The molecule has 7 amide bonds. The van der Waals surface area contributed by atoms with Crippen LogP contribution in [0, 0.1) is 0 Å². The number of nitrogens with zero attached hydrogens (tertiary/aromatic N) is 2. The number of primary amides is 1. The van der Waals surface area contributed by atoms with E-state index in [-0.39, 0.29) is 49.8 Å². The summed E-state index contributed by atoms with van der Waals surface area (Å²) in [6, 6.07) is 1.13. The monoisotopic (exact) mass is 833 g/mol. The Hall–Kier alpha value is -5.51. The molecule has 312 valence electrons. The number of aromatic amines is 1. The molecule has 0 spiro atoms. The zero-order valence-corrected chi connectivity index (χ0v) is 33.3. The van der Waals surface area contributed by atoms with Gasteiger partial charge in [-0.15, -0.1) is 0 Å². The number of carbonyl (C=O) groups is 8. The quantitative estimate of drug-likeness (QED) is 0.0518. The van der Waals surface area contributed by atoms with Crippen molar-refractivity contribution in [3.63, 3.8) is 0 Å². The minimum absolute atomic E-state index is 0.00433. The van der Waals surface area contributed by atoms with Crippen LogP contribution in [0.1, 0.15) is 51.5 Å². The first-order chi connectivity index (χ1) is 27.1. The van der Waals surface area contributed by atoms with E-state index in [4.69, 9.17) is 17.2 Å². The highest BCUT2D eigenvalue weighted by Gasteiger charge is 2.34. The number of carbonyl (C=O) groups excluding carboxylic acids is 7. The lowest BCUT2D eigenvalue weighted by Crippen LogP contribution is -2.59. The number of hydrogen-bond donors (Lipinski definition) is 10. The van der Waals surface area contributed by atoms with Gasteiger partial charge >= 0.3 is 5.97 Å². The highest BCUT2D eigenvalue weighted by atomic mass is 33.1. The zero-order valence-electron chi connectivity index (χ0n) is 31.7. The number of aliphatic carboxylic acids is 1. The lowest BCUT2D eigenvalue weighted by molar-refractivity contribution is -0.144. The van der Waals surface area contributed by atoms with Crippen LogP contribution in [0.5, 0.6) is 0 Å². The van der Waals surface area contributed by atoms with Gasteiger partial charge in [-0.3, -0.25) is 43.3 Å². The smallest absolute Gasteiger partial charge is 0.305 e. The molecule has 57 heavy (non-hydrogen) atoms. The average molecular weight is 834 g/mol. The van der Waals surface area contributed by atoms with E-state index in [9.17, 15) is 43.5 Å². The van der Waals surface area contributed by atoms with Crippen molar-refractivity contribution in [3.8, 4) is 0 Å². The molecular weight excluding hydrogens is 783 g/mol. The molecule has 0 bridgehead atoms. The van der Waals surface area contributed by atoms with Gasteiger partial charge in [0.1, 0.15) is 30.2 Å². The summed E-state index contributed by atoms with van der Waals surface area (Å²) in [5.41, 5.74) is 18.0. The molecule has 1 fully saturated rings. The topological polar surface area (TPSA) is 326 Å². The Kier molecular flexibility index (Phi) is 18.4. The average Bonchev–Trinajstić information content (AvgIpc) is 3.57. The minimum Gasteiger partial charge on any atom is -0.481 e. The second-order valence-electron chi connectivity index (χ2n) is 13.2. The van der Waals surface area contributed by atoms with Gasteiger partial charge in [-0.25, -0.2) is 0 Å². The number of unbranched alkanes of at least 4 members (excludes halogenated alkanes) is 1. The van der Waals surface area contributed by atoms with E-state index in [2.05, 4.69) is 36.6 Å². The van der Waals surface area contributed by atoms with E-state index in [1.54, 1.807) is 6.20 Å². The summed E-state index contributed by atoms with van der Waals surface area (Å²) in [7, 11) is 2.42. The van der Waals surface area contributed by atoms with Crippen molar-refractivity contribution >= 4 is 85.8 Å². The third-order valence-electron chi connectivity index (χ3n) is 8.85. The second kappa shape index (κ2) is 22.9. The lowest BCUT2D eigenvalue weighted by Gasteiger charge is -2.32. The maximum absolute atomic E-state index is 14.0. The fourth-order valence-corrected chi connectivity index (χ4v) is 7.93. The van der Waals surface area contributed by atoms with Crippen LogP contribution in [0.25, 0.3) is 10.9 Å². The van der Waals surface area contributed by atoms with Gasteiger partial charge in [-0.2, -0.15) is 0 Å². The number of guanidine groups is 1. The van der Waals surface area contributed by atoms with Crippen LogP contribution in [0.3, 0.4) is 0 Å². The molecule has 5 atom stereocenters. The first-order valence-corrected chi connectivity index (χ1v) is 20.7. The highest BCUT2D eigenvalue weighted by Crippen LogP contribution is 2.23. The van der Waals surface area contributed by atoms with Crippen molar-refractivity contribution in [1.29, 1.82) is 0 Å². The third-order valence-corrected chi connectivity index (χ3v) is 11.3. The minimum atomic E-state index is -1.67. The van der Waals surface area contributed by atoms with Gasteiger partial charge in [0.05, 0.1) is 13.0 Å². The Bertz CT molecular complexity index is 1800. The Balaban J connectivity index is 1.87. The SMILES string of the molecule is C[C@@H]1NC(=O)[C@H](CC(=O)O)NC(=O)CNC(=O)[C@H](CCCCN=C(N)N)NC(=O)CCSSC[C@@H](C(N)=O)NC(=O)[C@H](C)N(CCc2c[nH]c3ccccc23)C1=O. The summed E-state index contributed by atoms with van der Waals surface area (Å²) in [4.78, 5) is 112. The van der Waals surface area contributed by atoms with E-state index in [1.165, 1.54) is 40.3 Å². The standard InChI is InChI=1S/C35H51N11O9S2/c1-19-34(55)46(13-10-21-16-40-23-8-4-3-7-22(21)23)20(2)31(52)45-26(30(36)51)18-57-56-14-11-27(47)43-24(9-5-6-12-39-35(37)38)32(53)41-17-28(48)44-25(15-29(49)50)33(54)42-19/h3-4,7-8,16,19-20,24-26,40H,5-6,9-15,17-18H2,1-2H3,(H2,36,51)(H,41,53)(H,42,54)(H,43,47)(H,44,48)(H,45,52)(H,49,50)(H4,37,38,39)/t19-,20-,24-,25-,26-/m0/s1. The summed E-state index contributed by atoms with van der Waals surface area (Å²) in [5.74, 6) is -6.60. The summed E-state index contributed by atoms with van der Waals surface area (Å²) in [6.07, 6.45) is 2.24. The zero-order chi connectivity index (χ0) is 42.1. The fourth-order valence-electron chi connectivity index (χ4n) is 5.76. The van der Waals surface area contributed by atoms with E-state index in [1.807, 2.05) is 24.3 Å². The number of H-pyrrole nitrogens is 1. The van der Waals surface area contributed by atoms with E-state index in [0.717, 1.165) is 16.5 Å². The molecular formula is C35H51N11O9S2. The van der Waals surface area contributed by atoms with Crippen molar-refractivity contribution in [1.82, 2.24) is 36.5 Å².